The molecule has 1 amide bonds. The Morgan fingerprint density at radius 2 is 1.93 bits per heavy atom. The molecule has 6 heteroatoms. The highest BCUT2D eigenvalue weighted by Gasteiger charge is 2.54. The molecular weight excluding hydrogens is 438 g/mol. The molecule has 4 nitrogen and oxygen atoms in total. The second-order valence-corrected chi connectivity index (χ2v) is 8.57. The topological polar surface area (TPSA) is 38.8 Å². The lowest BCUT2D eigenvalue weighted by Crippen LogP contribution is -2.35. The van der Waals surface area contributed by atoms with Crippen LogP contribution in [0.3, 0.4) is 0 Å². The van der Waals surface area contributed by atoms with E-state index in [-0.39, 0.29) is 5.91 Å². The van der Waals surface area contributed by atoms with Gasteiger partial charge in [-0.2, -0.15) is 0 Å². The monoisotopic (exact) mass is 457 g/mol. The Labute approximate surface area is 177 Å². The minimum Gasteiger partial charge on any atom is -0.497 e. The summed E-state index contributed by atoms with van der Waals surface area (Å²) in [6.45, 7) is 2.56. The van der Waals surface area contributed by atoms with Crippen molar-refractivity contribution in [2.45, 2.75) is 11.7 Å². The average molecular weight is 458 g/mol. The van der Waals surface area contributed by atoms with Gasteiger partial charge >= 0.3 is 0 Å². The van der Waals surface area contributed by atoms with Crippen LogP contribution in [0, 0.1) is 0 Å². The summed E-state index contributed by atoms with van der Waals surface area (Å²) in [6, 6.07) is 13.8. The first-order valence-electron chi connectivity index (χ1n) is 8.97. The fraction of sp³-hybridized carbons (Fsp3) is 0.227. The van der Waals surface area contributed by atoms with Gasteiger partial charge in [-0.1, -0.05) is 48.2 Å². The van der Waals surface area contributed by atoms with E-state index in [0.29, 0.717) is 18.0 Å². The third-order valence-electron chi connectivity index (χ3n) is 5.04. The van der Waals surface area contributed by atoms with E-state index in [4.69, 9.17) is 9.47 Å². The van der Waals surface area contributed by atoms with Crippen LogP contribution in [-0.2, 0) is 9.54 Å². The normalized spacial score (nSPS) is 22.0. The van der Waals surface area contributed by atoms with Gasteiger partial charge in [0.1, 0.15) is 16.2 Å². The fourth-order valence-electron chi connectivity index (χ4n) is 3.70. The van der Waals surface area contributed by atoms with Crippen molar-refractivity contribution in [2.24, 2.45) is 0 Å². The number of fused-ring (bicyclic) bond motifs is 2. The summed E-state index contributed by atoms with van der Waals surface area (Å²) in [5, 5.41) is 0. The molecule has 2 heterocycles. The summed E-state index contributed by atoms with van der Waals surface area (Å²) in [7, 11) is 3.24. The predicted octanol–water partition coefficient (Wildman–Crippen LogP) is 5.33. The highest BCUT2D eigenvalue weighted by atomic mass is 79.9. The van der Waals surface area contributed by atoms with Crippen LogP contribution in [-0.4, -0.2) is 26.7 Å². The molecule has 2 aliphatic heterocycles. The minimum atomic E-state index is -0.827. The molecule has 2 aliphatic rings. The first kappa shape index (κ1) is 19.2. The van der Waals surface area contributed by atoms with E-state index < -0.39 is 4.75 Å². The van der Waals surface area contributed by atoms with Crippen molar-refractivity contribution in [1.29, 1.82) is 0 Å². The first-order valence-corrected chi connectivity index (χ1v) is 10.6. The third-order valence-corrected chi connectivity index (χ3v) is 7.58. The molecule has 0 N–H and O–H groups in total. The summed E-state index contributed by atoms with van der Waals surface area (Å²) in [5.74, 6) is 1.38. The van der Waals surface area contributed by atoms with E-state index in [1.165, 1.54) is 0 Å². The Balaban J connectivity index is 1.87. The summed E-state index contributed by atoms with van der Waals surface area (Å²) in [4.78, 5) is 16.3. The average Bonchev–Trinajstić information content (AvgIpc) is 3.28. The lowest BCUT2D eigenvalue weighted by atomic mass is 9.97. The number of anilines is 1. The number of hydrogen-bond donors (Lipinski definition) is 0. The number of likely N-dealkylation sites (N-methyl/N-ethyl adjacent to an activating group) is 1. The number of ether oxygens (including phenoxy) is 2. The Hall–Kier alpha value is -2.18. The van der Waals surface area contributed by atoms with Gasteiger partial charge < -0.3 is 14.4 Å². The number of nitrogens with zero attached hydrogens (tertiary/aromatic N) is 1. The van der Waals surface area contributed by atoms with Crippen molar-refractivity contribution in [3.63, 3.8) is 0 Å². The van der Waals surface area contributed by atoms with Gasteiger partial charge in [0.25, 0.3) is 5.91 Å². The van der Waals surface area contributed by atoms with Gasteiger partial charge in [-0.25, -0.2) is 0 Å². The molecular formula is C22H20BrNO3S. The Bertz CT molecular complexity index is 1000. The van der Waals surface area contributed by atoms with E-state index >= 15 is 0 Å². The maximum Gasteiger partial charge on any atom is 0.252 e. The Morgan fingerprint density at radius 3 is 2.57 bits per heavy atom. The molecule has 0 radical (unpaired) electrons. The zero-order valence-electron chi connectivity index (χ0n) is 15.9. The van der Waals surface area contributed by atoms with Gasteiger partial charge in [0, 0.05) is 33.6 Å². The Morgan fingerprint density at radius 1 is 1.18 bits per heavy atom. The molecule has 2 aromatic rings. The predicted molar refractivity (Wildman–Crippen MR) is 118 cm³/mol. The van der Waals surface area contributed by atoms with Crippen LogP contribution in [0.4, 0.5) is 5.69 Å². The van der Waals surface area contributed by atoms with E-state index in [9.17, 15) is 4.79 Å². The summed E-state index contributed by atoms with van der Waals surface area (Å²) < 4.78 is 11.2. The molecule has 0 fully saturated rings. The highest BCUT2D eigenvalue weighted by molar-refractivity contribution is 9.15. The maximum absolute atomic E-state index is 13.5. The molecule has 0 saturated carbocycles. The van der Waals surface area contributed by atoms with Crippen molar-refractivity contribution < 1.29 is 14.3 Å². The van der Waals surface area contributed by atoms with Gasteiger partial charge in [0.05, 0.1) is 19.9 Å². The standard InChI is InChI=1S/C22H20BrNO3S/c1-4-24-16-12-15(26-2)13-17(27-3)19(16)22(21(24)25)11-10-18(28-22)20(23)14-8-6-5-7-9-14/h5-13H,4H2,1-3H3/b20-18+. The molecule has 2 aromatic carbocycles. The van der Waals surface area contributed by atoms with Gasteiger partial charge in [0.2, 0.25) is 0 Å². The fourth-order valence-corrected chi connectivity index (χ4v) is 5.67. The number of methoxy groups -OCH3 is 2. The van der Waals surface area contributed by atoms with Crippen LogP contribution in [0.1, 0.15) is 18.1 Å². The maximum atomic E-state index is 13.5. The molecule has 1 spiro atoms. The van der Waals surface area contributed by atoms with Crippen molar-refractivity contribution in [1.82, 2.24) is 0 Å². The zero-order valence-corrected chi connectivity index (χ0v) is 18.3. The van der Waals surface area contributed by atoms with Crippen LogP contribution in [0.25, 0.3) is 4.48 Å². The minimum absolute atomic E-state index is 0.0427. The van der Waals surface area contributed by atoms with E-state index in [1.807, 2.05) is 61.5 Å². The van der Waals surface area contributed by atoms with Crippen LogP contribution in [0.5, 0.6) is 11.5 Å². The largest absolute Gasteiger partial charge is 0.497 e. The van der Waals surface area contributed by atoms with Gasteiger partial charge in [-0.05, 0) is 34.5 Å². The van der Waals surface area contributed by atoms with Crippen molar-refractivity contribution >= 4 is 43.8 Å². The summed E-state index contributed by atoms with van der Waals surface area (Å²) in [5.41, 5.74) is 2.80. The van der Waals surface area contributed by atoms with Crippen LogP contribution in [0.15, 0.2) is 59.5 Å². The molecule has 0 bridgehead atoms. The number of carbonyl (C=O) groups is 1. The number of carbonyl (C=O) groups excluding carboxylic acids is 1. The quantitative estimate of drug-likeness (QED) is 0.621. The molecule has 0 aromatic heterocycles. The lowest BCUT2D eigenvalue weighted by Gasteiger charge is -2.22. The van der Waals surface area contributed by atoms with E-state index in [2.05, 4.69) is 15.9 Å². The zero-order chi connectivity index (χ0) is 19.9. The molecule has 0 aliphatic carbocycles. The Kier molecular flexibility index (Phi) is 5.02. The van der Waals surface area contributed by atoms with Crippen LogP contribution in [0.2, 0.25) is 0 Å². The highest BCUT2D eigenvalue weighted by Crippen LogP contribution is 2.60. The van der Waals surface area contributed by atoms with Crippen LogP contribution < -0.4 is 14.4 Å². The smallest absolute Gasteiger partial charge is 0.252 e. The lowest BCUT2D eigenvalue weighted by molar-refractivity contribution is -0.119. The van der Waals surface area contributed by atoms with Crippen LogP contribution >= 0.6 is 27.7 Å². The van der Waals surface area contributed by atoms with Gasteiger partial charge in [0.15, 0.2) is 0 Å². The number of hydrogen-bond acceptors (Lipinski definition) is 4. The summed E-state index contributed by atoms with van der Waals surface area (Å²) >= 11 is 5.27. The SMILES string of the molecule is CCN1C(=O)C2(C=C/C(=C(\Br)c3ccccc3)S2)c2c(OC)cc(OC)cc21. The molecule has 1 atom stereocenters. The number of rotatable bonds is 4. The van der Waals surface area contributed by atoms with Gasteiger partial charge in [-0.3, -0.25) is 4.79 Å². The van der Waals surface area contributed by atoms with Gasteiger partial charge in [-0.15, -0.1) is 0 Å². The molecule has 0 saturated heterocycles. The third kappa shape index (κ3) is 2.78. The molecule has 1 unspecified atom stereocenters. The van der Waals surface area contributed by atoms with Crippen molar-refractivity contribution in [3.8, 4) is 11.5 Å². The summed E-state index contributed by atoms with van der Waals surface area (Å²) in [6.07, 6.45) is 4.01. The van der Waals surface area contributed by atoms with E-state index in [1.54, 1.807) is 30.9 Å². The first-order chi connectivity index (χ1) is 13.6. The van der Waals surface area contributed by atoms with E-state index in [0.717, 1.165) is 26.2 Å². The molecule has 28 heavy (non-hydrogen) atoms. The second kappa shape index (κ2) is 7.33. The molecule has 144 valence electrons. The van der Waals surface area contributed by atoms with Crippen molar-refractivity contribution in [2.75, 3.05) is 25.7 Å². The number of amides is 1. The second-order valence-electron chi connectivity index (χ2n) is 6.49. The number of allylic oxidation sites excluding steroid dienone is 1. The van der Waals surface area contributed by atoms with Crippen molar-refractivity contribution in [3.05, 3.63) is 70.6 Å². The number of benzene rings is 2. The number of halogens is 1. The molecule has 4 rings (SSSR count). The number of thioether (sulfide) groups is 1.